The molecule has 4 rings (SSSR count). The lowest BCUT2D eigenvalue weighted by molar-refractivity contribution is -0.121. The zero-order chi connectivity index (χ0) is 21.6. The number of ether oxygens (including phenoxy) is 2. The van der Waals surface area contributed by atoms with E-state index in [1.165, 1.54) is 12.3 Å². The Morgan fingerprint density at radius 3 is 2.83 bits per heavy atom. The van der Waals surface area contributed by atoms with Crippen LogP contribution in [0.2, 0.25) is 0 Å². The van der Waals surface area contributed by atoms with Crippen molar-refractivity contribution in [1.29, 1.82) is 0 Å². The van der Waals surface area contributed by atoms with E-state index in [1.807, 2.05) is 0 Å². The third-order valence-electron chi connectivity index (χ3n) is 5.16. The number of fused-ring (bicyclic) bond motifs is 3. The molecule has 8 nitrogen and oxygen atoms in total. The number of nitrogens with two attached hydrogens (primary N) is 1. The predicted molar refractivity (Wildman–Crippen MR) is 98.8 cm³/mol. The van der Waals surface area contributed by atoms with Crippen LogP contribution in [0, 0.1) is 11.7 Å². The van der Waals surface area contributed by atoms with Gasteiger partial charge in [0.05, 0.1) is 12.1 Å². The van der Waals surface area contributed by atoms with Crippen LogP contribution in [-0.4, -0.2) is 47.2 Å². The minimum absolute atomic E-state index is 0.0449. The molecule has 30 heavy (non-hydrogen) atoms. The number of halogens is 3. The number of rotatable bonds is 5. The van der Waals surface area contributed by atoms with Gasteiger partial charge in [-0.3, -0.25) is 4.79 Å². The topological polar surface area (TPSA) is 99.7 Å². The van der Waals surface area contributed by atoms with E-state index in [1.54, 1.807) is 17.6 Å². The van der Waals surface area contributed by atoms with E-state index in [0.29, 0.717) is 5.56 Å². The van der Waals surface area contributed by atoms with Crippen molar-refractivity contribution < 1.29 is 32.2 Å². The minimum atomic E-state index is -2.82. The highest BCUT2D eigenvalue weighted by atomic mass is 19.3. The molecule has 2 aliphatic rings. The van der Waals surface area contributed by atoms with Crippen LogP contribution < -0.4 is 15.4 Å². The number of primary amides is 1. The van der Waals surface area contributed by atoms with E-state index in [4.69, 9.17) is 15.2 Å². The smallest absolute Gasteiger partial charge is 0.416 e. The van der Waals surface area contributed by atoms with Gasteiger partial charge >= 0.3 is 6.09 Å². The number of nitrogens with zero attached hydrogens (tertiary/aromatic N) is 3. The third kappa shape index (κ3) is 3.44. The maximum absolute atomic E-state index is 15.0. The minimum Gasteiger partial charge on any atom is -0.491 e. The standard InChI is InChI=1S/C19H19F3N4O4/c1-9(17(23)27)4-10-5-11(20)15-13(6-10)29-3-2-25-7-14(24-18(15)25)26-12(16(21)22)8-30-19(26)28/h5-7,9,12,16H,2-4,8H2,1H3,(H2,23,27)/t9-,12+/m1/s1. The second kappa shape index (κ2) is 7.54. The Hall–Kier alpha value is -3.24. The summed E-state index contributed by atoms with van der Waals surface area (Å²) in [6, 6.07) is 1.40. The van der Waals surface area contributed by atoms with E-state index in [0.717, 1.165) is 4.90 Å². The number of carbonyl (C=O) groups is 2. The molecule has 2 aliphatic heterocycles. The molecule has 160 valence electrons. The molecule has 1 saturated heterocycles. The second-order valence-electron chi connectivity index (χ2n) is 7.27. The van der Waals surface area contributed by atoms with Gasteiger partial charge in [-0.15, -0.1) is 0 Å². The SMILES string of the molecule is C[C@H](Cc1cc(F)c2c(c1)OCCn1cc(N3C(=O)OC[C@H]3C(F)F)nc1-2)C(N)=O. The molecule has 1 aromatic heterocycles. The first-order valence-electron chi connectivity index (χ1n) is 9.32. The summed E-state index contributed by atoms with van der Waals surface area (Å²) in [6.07, 6.45) is -2.11. The lowest BCUT2D eigenvalue weighted by Gasteiger charge is -2.17. The Morgan fingerprint density at radius 2 is 2.13 bits per heavy atom. The van der Waals surface area contributed by atoms with Gasteiger partial charge in [0.15, 0.2) is 5.82 Å². The van der Waals surface area contributed by atoms with Gasteiger partial charge < -0.3 is 19.8 Å². The fourth-order valence-electron chi connectivity index (χ4n) is 3.56. The number of imidazole rings is 1. The van der Waals surface area contributed by atoms with Crippen molar-refractivity contribution in [2.24, 2.45) is 11.7 Å². The number of carbonyl (C=O) groups excluding carboxylic acids is 2. The maximum Gasteiger partial charge on any atom is 0.416 e. The van der Waals surface area contributed by atoms with Crippen LogP contribution in [-0.2, 0) is 22.5 Å². The van der Waals surface area contributed by atoms with Crippen LogP contribution in [0.5, 0.6) is 5.75 Å². The van der Waals surface area contributed by atoms with Crippen molar-refractivity contribution in [3.63, 3.8) is 0 Å². The van der Waals surface area contributed by atoms with E-state index < -0.39 is 42.8 Å². The Kier molecular flexibility index (Phi) is 5.04. The predicted octanol–water partition coefficient (Wildman–Crippen LogP) is 2.34. The molecule has 1 aromatic carbocycles. The largest absolute Gasteiger partial charge is 0.491 e. The molecule has 1 fully saturated rings. The van der Waals surface area contributed by atoms with Crippen molar-refractivity contribution in [3.05, 3.63) is 29.7 Å². The zero-order valence-corrected chi connectivity index (χ0v) is 16.0. The van der Waals surface area contributed by atoms with Gasteiger partial charge in [-0.2, -0.15) is 0 Å². The molecular formula is C19H19F3N4O4. The highest BCUT2D eigenvalue weighted by Crippen LogP contribution is 2.38. The quantitative estimate of drug-likeness (QED) is 0.794. The number of benzene rings is 1. The van der Waals surface area contributed by atoms with Gasteiger partial charge in [-0.05, 0) is 24.1 Å². The summed E-state index contributed by atoms with van der Waals surface area (Å²) in [5.74, 6) is -1.32. The van der Waals surface area contributed by atoms with Gasteiger partial charge in [0.25, 0.3) is 6.43 Å². The molecule has 2 aromatic rings. The number of aromatic nitrogens is 2. The molecule has 0 saturated carbocycles. The van der Waals surface area contributed by atoms with E-state index in [2.05, 4.69) is 4.98 Å². The molecule has 0 unspecified atom stereocenters. The van der Waals surface area contributed by atoms with Gasteiger partial charge in [-0.1, -0.05) is 6.92 Å². The molecule has 0 aliphatic carbocycles. The Labute approximate surface area is 169 Å². The molecule has 2 N–H and O–H groups in total. The van der Waals surface area contributed by atoms with Gasteiger partial charge in [0, 0.05) is 12.1 Å². The first-order chi connectivity index (χ1) is 14.3. The molecule has 2 amide bonds. The summed E-state index contributed by atoms with van der Waals surface area (Å²) in [7, 11) is 0. The molecule has 0 bridgehead atoms. The van der Waals surface area contributed by atoms with Crippen LogP contribution in [0.4, 0.5) is 23.8 Å². The van der Waals surface area contributed by atoms with Crippen LogP contribution >= 0.6 is 0 Å². The maximum atomic E-state index is 15.0. The first kappa shape index (κ1) is 20.0. The molecular weight excluding hydrogens is 405 g/mol. The summed E-state index contributed by atoms with van der Waals surface area (Å²) in [5.41, 5.74) is 5.86. The normalized spacial score (nSPS) is 19.0. The second-order valence-corrected chi connectivity index (χ2v) is 7.27. The van der Waals surface area contributed by atoms with Crippen LogP contribution in [0.1, 0.15) is 12.5 Å². The average molecular weight is 424 g/mol. The third-order valence-corrected chi connectivity index (χ3v) is 5.16. The lowest BCUT2D eigenvalue weighted by atomic mass is 9.98. The molecule has 2 atom stereocenters. The van der Waals surface area contributed by atoms with Crippen molar-refractivity contribution >= 4 is 17.8 Å². The highest BCUT2D eigenvalue weighted by Gasteiger charge is 2.42. The van der Waals surface area contributed by atoms with Crippen molar-refractivity contribution in [2.75, 3.05) is 18.1 Å². The number of hydrogen-bond acceptors (Lipinski definition) is 5. The fourth-order valence-corrected chi connectivity index (χ4v) is 3.56. The van der Waals surface area contributed by atoms with Crippen LogP contribution in [0.3, 0.4) is 0 Å². The first-order valence-corrected chi connectivity index (χ1v) is 9.32. The number of hydrogen-bond donors (Lipinski definition) is 1. The van der Waals surface area contributed by atoms with Crippen LogP contribution in [0.15, 0.2) is 18.3 Å². The fraction of sp³-hybridized carbons (Fsp3) is 0.421. The van der Waals surface area contributed by atoms with Crippen molar-refractivity contribution in [3.8, 4) is 17.1 Å². The van der Waals surface area contributed by atoms with E-state index >= 15 is 4.39 Å². The molecule has 3 heterocycles. The summed E-state index contributed by atoms with van der Waals surface area (Å²) in [4.78, 5) is 28.3. The molecule has 0 spiro atoms. The van der Waals surface area contributed by atoms with Crippen LogP contribution in [0.25, 0.3) is 11.4 Å². The molecule has 11 heteroatoms. The lowest BCUT2D eigenvalue weighted by Crippen LogP contribution is -2.38. The Bertz CT molecular complexity index is 1010. The summed E-state index contributed by atoms with van der Waals surface area (Å²) < 4.78 is 53.5. The van der Waals surface area contributed by atoms with Crippen molar-refractivity contribution in [2.45, 2.75) is 32.4 Å². The number of cyclic esters (lactones) is 1. The number of alkyl halides is 2. The monoisotopic (exact) mass is 424 g/mol. The number of anilines is 1. The summed E-state index contributed by atoms with van der Waals surface area (Å²) in [5, 5.41) is 0. The highest BCUT2D eigenvalue weighted by molar-refractivity contribution is 5.89. The van der Waals surface area contributed by atoms with Crippen molar-refractivity contribution in [1.82, 2.24) is 9.55 Å². The van der Waals surface area contributed by atoms with E-state index in [-0.39, 0.29) is 42.5 Å². The Morgan fingerprint density at radius 1 is 1.37 bits per heavy atom. The summed E-state index contributed by atoms with van der Waals surface area (Å²) in [6.45, 7) is 1.63. The van der Waals surface area contributed by atoms with E-state index in [9.17, 15) is 18.4 Å². The van der Waals surface area contributed by atoms with Gasteiger partial charge in [0.2, 0.25) is 5.91 Å². The van der Waals surface area contributed by atoms with Gasteiger partial charge in [-0.25, -0.2) is 27.8 Å². The van der Waals surface area contributed by atoms with Gasteiger partial charge in [0.1, 0.15) is 36.6 Å². The summed E-state index contributed by atoms with van der Waals surface area (Å²) >= 11 is 0. The zero-order valence-electron chi connectivity index (χ0n) is 16.0. The Balaban J connectivity index is 1.74. The average Bonchev–Trinajstić information content (AvgIpc) is 3.20. The number of amides is 2. The molecule has 0 radical (unpaired) electrons.